The minimum Gasteiger partial charge on any atom is -0.346 e. The van der Waals surface area contributed by atoms with E-state index in [1.54, 1.807) is 10.7 Å². The first-order chi connectivity index (χ1) is 9.63. The fraction of sp³-hybridized carbons (Fsp3) is 0.571. The Morgan fingerprint density at radius 1 is 1.50 bits per heavy atom. The molecule has 2 atom stereocenters. The van der Waals surface area contributed by atoms with Gasteiger partial charge >= 0.3 is 0 Å². The second-order valence-corrected chi connectivity index (χ2v) is 6.15. The number of rotatable bonds is 3. The van der Waals surface area contributed by atoms with Gasteiger partial charge in [-0.05, 0) is 30.9 Å². The highest BCUT2D eigenvalue weighted by atomic mass is 35.5. The van der Waals surface area contributed by atoms with Crippen molar-refractivity contribution in [3.8, 4) is 0 Å². The number of hydrogen-bond donors (Lipinski definition) is 2. The first kappa shape index (κ1) is 13.6. The number of aromatic nitrogens is 3. The summed E-state index contributed by atoms with van der Waals surface area (Å²) in [5.41, 5.74) is 6.74. The van der Waals surface area contributed by atoms with Gasteiger partial charge in [-0.25, -0.2) is 4.52 Å². The maximum absolute atomic E-state index is 6.05. The van der Waals surface area contributed by atoms with Gasteiger partial charge in [0.15, 0.2) is 5.65 Å². The second-order valence-electron chi connectivity index (χ2n) is 5.72. The summed E-state index contributed by atoms with van der Waals surface area (Å²) in [5, 5.41) is 8.59. The number of anilines is 1. The number of nitrogens with one attached hydrogen (secondary N) is 1. The summed E-state index contributed by atoms with van der Waals surface area (Å²) in [6, 6.07) is 3.68. The molecular weight excluding hydrogens is 274 g/mol. The molecule has 2 aromatic rings. The average Bonchev–Trinajstić information content (AvgIpc) is 2.82. The van der Waals surface area contributed by atoms with E-state index in [2.05, 4.69) is 22.3 Å². The summed E-state index contributed by atoms with van der Waals surface area (Å²) < 4.78 is 1.70. The minimum absolute atomic E-state index is 0.0903. The summed E-state index contributed by atoms with van der Waals surface area (Å²) >= 11 is 5.97. The number of nitrogens with two attached hydrogens (primary N) is 1. The zero-order valence-corrected chi connectivity index (χ0v) is 12.4. The largest absolute Gasteiger partial charge is 0.346 e. The molecule has 2 heterocycles. The molecule has 6 heteroatoms. The highest BCUT2D eigenvalue weighted by molar-refractivity contribution is 6.30. The van der Waals surface area contributed by atoms with E-state index in [0.29, 0.717) is 23.4 Å². The molecule has 0 saturated heterocycles. The third-order valence-corrected chi connectivity index (χ3v) is 4.70. The van der Waals surface area contributed by atoms with E-state index in [1.807, 2.05) is 12.1 Å². The fourth-order valence-electron chi connectivity index (χ4n) is 3.09. The molecule has 0 spiro atoms. The predicted molar refractivity (Wildman–Crippen MR) is 81.0 cm³/mol. The first-order valence-electron chi connectivity index (χ1n) is 7.13. The average molecular weight is 294 g/mol. The van der Waals surface area contributed by atoms with Crippen molar-refractivity contribution in [2.24, 2.45) is 11.7 Å². The Hall–Kier alpha value is -1.33. The summed E-state index contributed by atoms with van der Waals surface area (Å²) in [4.78, 5) is 4.50. The van der Waals surface area contributed by atoms with Crippen molar-refractivity contribution < 1.29 is 0 Å². The zero-order valence-electron chi connectivity index (χ0n) is 11.6. The van der Waals surface area contributed by atoms with Crippen LogP contribution in [0.1, 0.15) is 32.6 Å². The van der Waals surface area contributed by atoms with Crippen LogP contribution in [0.3, 0.4) is 0 Å². The molecule has 1 aliphatic rings. The molecule has 20 heavy (non-hydrogen) atoms. The van der Waals surface area contributed by atoms with Crippen molar-refractivity contribution >= 4 is 23.2 Å². The van der Waals surface area contributed by atoms with E-state index in [0.717, 1.165) is 12.1 Å². The van der Waals surface area contributed by atoms with E-state index in [-0.39, 0.29) is 5.54 Å². The lowest BCUT2D eigenvalue weighted by molar-refractivity contribution is 0.234. The molecule has 1 fully saturated rings. The van der Waals surface area contributed by atoms with Gasteiger partial charge in [-0.15, -0.1) is 5.10 Å². The summed E-state index contributed by atoms with van der Waals surface area (Å²) in [5.74, 6) is 1.16. The van der Waals surface area contributed by atoms with E-state index in [9.17, 15) is 0 Å². The number of hydrogen-bond acceptors (Lipinski definition) is 4. The monoisotopic (exact) mass is 293 g/mol. The molecule has 2 unspecified atom stereocenters. The highest BCUT2D eigenvalue weighted by Crippen LogP contribution is 2.35. The van der Waals surface area contributed by atoms with Crippen LogP contribution in [0.25, 0.3) is 5.65 Å². The Morgan fingerprint density at radius 3 is 3.10 bits per heavy atom. The lowest BCUT2D eigenvalue weighted by Crippen LogP contribution is -2.52. The van der Waals surface area contributed by atoms with Gasteiger partial charge in [0.25, 0.3) is 0 Å². The van der Waals surface area contributed by atoms with Gasteiger partial charge in [0.2, 0.25) is 5.95 Å². The summed E-state index contributed by atoms with van der Waals surface area (Å²) in [7, 11) is 0. The lowest BCUT2D eigenvalue weighted by Gasteiger charge is -2.42. The zero-order chi connectivity index (χ0) is 14.2. The Kier molecular flexibility index (Phi) is 3.56. The molecule has 0 aromatic carbocycles. The molecule has 108 valence electrons. The van der Waals surface area contributed by atoms with Crippen molar-refractivity contribution in [2.45, 2.75) is 38.1 Å². The molecule has 2 aromatic heterocycles. The Bertz CT molecular complexity index is 611. The van der Waals surface area contributed by atoms with Crippen molar-refractivity contribution in [3.05, 3.63) is 23.4 Å². The van der Waals surface area contributed by atoms with E-state index in [4.69, 9.17) is 17.3 Å². The van der Waals surface area contributed by atoms with E-state index in [1.165, 1.54) is 19.3 Å². The third kappa shape index (κ3) is 2.36. The standard InChI is InChI=1S/C14H20ClN5/c1-10-4-2-3-7-14(10,9-16)18-13-17-12-6-5-11(15)8-20(12)19-13/h5-6,8,10H,2-4,7,9,16H2,1H3,(H,18,19). The van der Waals surface area contributed by atoms with Gasteiger partial charge in [0.1, 0.15) is 0 Å². The minimum atomic E-state index is -0.0903. The molecule has 3 rings (SSSR count). The van der Waals surface area contributed by atoms with Gasteiger partial charge in [0.05, 0.1) is 10.6 Å². The van der Waals surface area contributed by atoms with Crippen molar-refractivity contribution in [3.63, 3.8) is 0 Å². The molecule has 0 radical (unpaired) electrons. The van der Waals surface area contributed by atoms with E-state index >= 15 is 0 Å². The van der Waals surface area contributed by atoms with Crippen LogP contribution >= 0.6 is 11.6 Å². The van der Waals surface area contributed by atoms with E-state index < -0.39 is 0 Å². The van der Waals surface area contributed by atoms with Crippen LogP contribution in [0.2, 0.25) is 5.02 Å². The van der Waals surface area contributed by atoms with Crippen LogP contribution in [-0.2, 0) is 0 Å². The third-order valence-electron chi connectivity index (χ3n) is 4.47. The molecule has 1 aliphatic carbocycles. The Balaban J connectivity index is 1.90. The van der Waals surface area contributed by atoms with Crippen LogP contribution < -0.4 is 11.1 Å². The molecule has 5 nitrogen and oxygen atoms in total. The summed E-state index contributed by atoms with van der Waals surface area (Å²) in [6.45, 7) is 2.86. The van der Waals surface area contributed by atoms with Crippen LogP contribution in [0, 0.1) is 5.92 Å². The molecule has 0 aliphatic heterocycles. The molecular formula is C14H20ClN5. The van der Waals surface area contributed by atoms with Crippen molar-refractivity contribution in [1.29, 1.82) is 0 Å². The van der Waals surface area contributed by atoms with Gasteiger partial charge < -0.3 is 11.1 Å². The topological polar surface area (TPSA) is 68.2 Å². The molecule has 3 N–H and O–H groups in total. The van der Waals surface area contributed by atoms with Crippen LogP contribution in [0.5, 0.6) is 0 Å². The SMILES string of the molecule is CC1CCCCC1(CN)Nc1nc2ccc(Cl)cn2n1. The maximum atomic E-state index is 6.05. The number of halogens is 1. The van der Waals surface area contributed by atoms with Crippen LogP contribution in [-0.4, -0.2) is 26.7 Å². The van der Waals surface area contributed by atoms with Crippen LogP contribution in [0.15, 0.2) is 18.3 Å². The lowest BCUT2D eigenvalue weighted by atomic mass is 9.73. The van der Waals surface area contributed by atoms with Gasteiger partial charge in [0, 0.05) is 12.7 Å². The molecule has 0 amide bonds. The fourth-order valence-corrected chi connectivity index (χ4v) is 3.24. The molecule has 0 bridgehead atoms. The number of pyridine rings is 1. The normalized spacial score (nSPS) is 26.9. The first-order valence-corrected chi connectivity index (χ1v) is 7.51. The second kappa shape index (κ2) is 5.22. The quantitative estimate of drug-likeness (QED) is 0.913. The van der Waals surface area contributed by atoms with Crippen molar-refractivity contribution in [1.82, 2.24) is 14.6 Å². The van der Waals surface area contributed by atoms with Crippen LogP contribution in [0.4, 0.5) is 5.95 Å². The van der Waals surface area contributed by atoms with Gasteiger partial charge in [-0.1, -0.05) is 31.4 Å². The van der Waals surface area contributed by atoms with Gasteiger partial charge in [-0.3, -0.25) is 0 Å². The Labute approximate surface area is 123 Å². The number of nitrogens with zero attached hydrogens (tertiary/aromatic N) is 3. The summed E-state index contributed by atoms with van der Waals surface area (Å²) in [6.07, 6.45) is 6.51. The Morgan fingerprint density at radius 2 is 2.35 bits per heavy atom. The predicted octanol–water partition coefficient (Wildman–Crippen LogP) is 2.70. The molecule has 1 saturated carbocycles. The van der Waals surface area contributed by atoms with Crippen molar-refractivity contribution in [2.75, 3.05) is 11.9 Å². The highest BCUT2D eigenvalue weighted by Gasteiger charge is 2.37. The maximum Gasteiger partial charge on any atom is 0.243 e. The smallest absolute Gasteiger partial charge is 0.243 e. The number of fused-ring (bicyclic) bond motifs is 1. The van der Waals surface area contributed by atoms with Gasteiger partial charge in [-0.2, -0.15) is 4.98 Å².